The van der Waals surface area contributed by atoms with Gasteiger partial charge in [0, 0.05) is 12.1 Å². The molecule has 1 amide bonds. The van der Waals surface area contributed by atoms with E-state index in [0.717, 1.165) is 17.9 Å². The molecule has 1 aromatic carbocycles. The van der Waals surface area contributed by atoms with E-state index in [1.165, 1.54) is 43.2 Å². The molecule has 0 radical (unpaired) electrons. The summed E-state index contributed by atoms with van der Waals surface area (Å²) >= 11 is 1.29. The fraction of sp³-hybridized carbons (Fsp3) is 0.529. The van der Waals surface area contributed by atoms with Crippen LogP contribution in [0.15, 0.2) is 23.4 Å². The summed E-state index contributed by atoms with van der Waals surface area (Å²) in [4.78, 5) is 22.8. The topological polar surface area (TPSA) is 116 Å². The number of fused-ring (bicyclic) bond motifs is 2. The third-order valence-corrected chi connectivity index (χ3v) is 6.45. The number of rotatable bonds is 6. The number of thioether (sulfide) groups is 1. The number of nitro groups is 1. The van der Waals surface area contributed by atoms with Crippen molar-refractivity contribution in [2.45, 2.75) is 43.8 Å². The van der Waals surface area contributed by atoms with Gasteiger partial charge in [0.15, 0.2) is 0 Å². The zero-order valence-electron chi connectivity index (χ0n) is 14.9. The number of anilines is 1. The molecule has 0 spiro atoms. The molecule has 1 N–H and O–H groups in total. The first kappa shape index (κ1) is 17.9. The zero-order valence-corrected chi connectivity index (χ0v) is 15.7. The van der Waals surface area contributed by atoms with Crippen molar-refractivity contribution in [2.75, 3.05) is 11.1 Å². The Bertz CT molecular complexity index is 885. The molecule has 142 valence electrons. The number of nitro benzene ring substituents is 1. The van der Waals surface area contributed by atoms with Gasteiger partial charge < -0.3 is 5.32 Å². The summed E-state index contributed by atoms with van der Waals surface area (Å²) < 4.78 is 1.88. The summed E-state index contributed by atoms with van der Waals surface area (Å²) in [5.41, 5.74) is 1.16. The highest BCUT2D eigenvalue weighted by atomic mass is 32.2. The second-order valence-corrected chi connectivity index (χ2v) is 8.18. The van der Waals surface area contributed by atoms with E-state index < -0.39 is 4.92 Å². The second kappa shape index (κ2) is 7.26. The number of benzene rings is 1. The molecule has 1 heterocycles. The molecule has 2 fully saturated rings. The minimum atomic E-state index is -0.479. The number of non-ortho nitro benzene ring substituents is 1. The van der Waals surface area contributed by atoms with Crippen molar-refractivity contribution >= 4 is 29.0 Å². The summed E-state index contributed by atoms with van der Waals surface area (Å²) in [6.45, 7) is 1.79. The van der Waals surface area contributed by atoms with E-state index >= 15 is 0 Å². The highest BCUT2D eigenvalue weighted by molar-refractivity contribution is 7.99. The summed E-state index contributed by atoms with van der Waals surface area (Å²) in [6, 6.07) is 4.75. The highest BCUT2D eigenvalue weighted by Gasteiger charge is 2.42. The first-order valence-corrected chi connectivity index (χ1v) is 9.95. The largest absolute Gasteiger partial charge is 0.325 e. The van der Waals surface area contributed by atoms with E-state index in [2.05, 4.69) is 20.8 Å². The number of nitrogens with zero attached hydrogens (tertiary/aromatic N) is 5. The number of aryl methyl sites for hydroxylation is 1. The van der Waals surface area contributed by atoms with Crippen molar-refractivity contribution < 1.29 is 9.72 Å². The van der Waals surface area contributed by atoms with Gasteiger partial charge in [-0.3, -0.25) is 14.9 Å². The first-order valence-electron chi connectivity index (χ1n) is 8.97. The normalized spacial score (nSPS) is 23.5. The molecule has 0 aliphatic heterocycles. The summed E-state index contributed by atoms with van der Waals surface area (Å²) in [5.74, 6) is 1.32. The Kier molecular flexibility index (Phi) is 4.81. The van der Waals surface area contributed by atoms with Gasteiger partial charge in [0.25, 0.3) is 5.69 Å². The Labute approximate surface area is 160 Å². The average molecular weight is 388 g/mol. The van der Waals surface area contributed by atoms with Crippen molar-refractivity contribution in [3.8, 4) is 0 Å². The molecule has 4 rings (SSSR count). The zero-order chi connectivity index (χ0) is 19.0. The van der Waals surface area contributed by atoms with Gasteiger partial charge in [-0.15, -0.1) is 5.10 Å². The van der Waals surface area contributed by atoms with Crippen LogP contribution in [-0.4, -0.2) is 36.8 Å². The average Bonchev–Trinajstić information content (AvgIpc) is 3.37. The molecule has 2 aliphatic rings. The van der Waals surface area contributed by atoms with Crippen LogP contribution in [0.4, 0.5) is 11.4 Å². The minimum Gasteiger partial charge on any atom is -0.325 e. The van der Waals surface area contributed by atoms with Crippen molar-refractivity contribution in [3.63, 3.8) is 0 Å². The van der Waals surface area contributed by atoms with Gasteiger partial charge in [-0.1, -0.05) is 24.2 Å². The van der Waals surface area contributed by atoms with Gasteiger partial charge in [-0.05, 0) is 54.0 Å². The number of carbonyl (C=O) groups is 1. The second-order valence-electron chi connectivity index (χ2n) is 7.24. The van der Waals surface area contributed by atoms with Crippen LogP contribution < -0.4 is 5.32 Å². The maximum Gasteiger partial charge on any atom is 0.271 e. The van der Waals surface area contributed by atoms with E-state index in [4.69, 9.17) is 0 Å². The molecule has 9 nitrogen and oxygen atoms in total. The quantitative estimate of drug-likeness (QED) is 0.459. The number of aromatic nitrogens is 4. The standard InChI is InChI=1S/C17H20N6O3S/c1-10-2-5-13(23(25)26)8-14(10)18-16(24)9-27-17-19-20-21-22(17)15-7-11-3-4-12(15)6-11/h2,5,8,11-12,15H,3-4,6-7,9H2,1H3,(H,18,24)/t11-,12+,15-/m0/s1. The minimum absolute atomic E-state index is 0.0521. The molecule has 2 saturated carbocycles. The molecular weight excluding hydrogens is 368 g/mol. The molecule has 3 atom stereocenters. The molecule has 27 heavy (non-hydrogen) atoms. The molecule has 2 aliphatic carbocycles. The maximum atomic E-state index is 12.3. The Balaban J connectivity index is 1.39. The van der Waals surface area contributed by atoms with Crippen molar-refractivity contribution in [3.05, 3.63) is 33.9 Å². The number of tetrazole rings is 1. The predicted molar refractivity (Wildman–Crippen MR) is 99.5 cm³/mol. The maximum absolute atomic E-state index is 12.3. The molecule has 0 saturated heterocycles. The van der Waals surface area contributed by atoms with Crippen LogP contribution in [0.3, 0.4) is 0 Å². The number of carbonyl (C=O) groups excluding carboxylic acids is 1. The lowest BCUT2D eigenvalue weighted by Crippen LogP contribution is -2.19. The van der Waals surface area contributed by atoms with Crippen LogP contribution in [0.25, 0.3) is 0 Å². The predicted octanol–water partition coefficient (Wildman–Crippen LogP) is 2.98. The van der Waals surface area contributed by atoms with Crippen LogP contribution in [0.5, 0.6) is 0 Å². The number of nitrogens with one attached hydrogen (secondary N) is 1. The van der Waals surface area contributed by atoms with Gasteiger partial charge in [0.1, 0.15) is 0 Å². The lowest BCUT2D eigenvalue weighted by Gasteiger charge is -2.22. The fourth-order valence-corrected chi connectivity index (χ4v) is 4.90. The monoisotopic (exact) mass is 388 g/mol. The Morgan fingerprint density at radius 3 is 2.96 bits per heavy atom. The van der Waals surface area contributed by atoms with Crippen molar-refractivity contribution in [1.29, 1.82) is 0 Å². The van der Waals surface area contributed by atoms with Gasteiger partial charge >= 0.3 is 0 Å². The Morgan fingerprint density at radius 1 is 1.41 bits per heavy atom. The summed E-state index contributed by atoms with van der Waals surface area (Å²) in [5, 5.41) is 26.3. The van der Waals surface area contributed by atoms with Crippen LogP contribution in [0, 0.1) is 28.9 Å². The van der Waals surface area contributed by atoms with Gasteiger partial charge in [0.05, 0.1) is 22.4 Å². The highest BCUT2D eigenvalue weighted by Crippen LogP contribution is 2.50. The molecule has 2 bridgehead atoms. The van der Waals surface area contributed by atoms with E-state index in [-0.39, 0.29) is 17.3 Å². The third-order valence-electron chi connectivity index (χ3n) is 5.52. The number of amides is 1. The van der Waals surface area contributed by atoms with Crippen LogP contribution in [0.2, 0.25) is 0 Å². The van der Waals surface area contributed by atoms with Crippen molar-refractivity contribution in [1.82, 2.24) is 20.2 Å². The number of hydrogen-bond acceptors (Lipinski definition) is 7. The van der Waals surface area contributed by atoms with E-state index in [0.29, 0.717) is 22.8 Å². The summed E-state index contributed by atoms with van der Waals surface area (Å²) in [6.07, 6.45) is 4.89. The van der Waals surface area contributed by atoms with Gasteiger partial charge in [0.2, 0.25) is 11.1 Å². The molecule has 2 aromatic rings. The third kappa shape index (κ3) is 3.66. The van der Waals surface area contributed by atoms with E-state index in [9.17, 15) is 14.9 Å². The van der Waals surface area contributed by atoms with Gasteiger partial charge in [-0.25, -0.2) is 4.68 Å². The molecule has 10 heteroatoms. The molecule has 0 unspecified atom stereocenters. The summed E-state index contributed by atoms with van der Waals surface area (Å²) in [7, 11) is 0. The van der Waals surface area contributed by atoms with E-state index in [1.807, 2.05) is 4.68 Å². The van der Waals surface area contributed by atoms with Gasteiger partial charge in [-0.2, -0.15) is 0 Å². The van der Waals surface area contributed by atoms with Crippen LogP contribution >= 0.6 is 11.8 Å². The van der Waals surface area contributed by atoms with Crippen molar-refractivity contribution in [2.24, 2.45) is 11.8 Å². The van der Waals surface area contributed by atoms with Crippen LogP contribution in [0.1, 0.15) is 37.3 Å². The lowest BCUT2D eigenvalue weighted by molar-refractivity contribution is -0.384. The lowest BCUT2D eigenvalue weighted by atomic mass is 9.96. The molecule has 1 aromatic heterocycles. The van der Waals surface area contributed by atoms with Crippen LogP contribution in [-0.2, 0) is 4.79 Å². The first-order chi connectivity index (χ1) is 13.0. The fourth-order valence-electron chi connectivity index (χ4n) is 4.17. The SMILES string of the molecule is Cc1ccc([N+](=O)[O-])cc1NC(=O)CSc1nnnn1[C@H]1C[C@H]2CC[C@@H]1C2. The van der Waals surface area contributed by atoms with E-state index in [1.54, 1.807) is 13.0 Å². The molecular formula is C17H20N6O3S. The Hall–Kier alpha value is -2.49. The smallest absolute Gasteiger partial charge is 0.271 e. The Morgan fingerprint density at radius 2 is 2.26 bits per heavy atom. The number of hydrogen-bond donors (Lipinski definition) is 1.